The highest BCUT2D eigenvalue weighted by Crippen LogP contribution is 2.38. The molecular formula is C25H30N2O2S. The van der Waals surface area contributed by atoms with E-state index in [0.717, 1.165) is 31.2 Å². The van der Waals surface area contributed by atoms with Crippen molar-refractivity contribution in [2.75, 3.05) is 27.2 Å². The van der Waals surface area contributed by atoms with Gasteiger partial charge in [-0.3, -0.25) is 9.59 Å². The van der Waals surface area contributed by atoms with Crippen LogP contribution >= 0.6 is 11.3 Å². The number of amides is 2. The predicted molar refractivity (Wildman–Crippen MR) is 122 cm³/mol. The Hall–Kier alpha value is -2.40. The summed E-state index contributed by atoms with van der Waals surface area (Å²) in [5.74, 6) is 0.426. The largest absolute Gasteiger partial charge is 0.348 e. The van der Waals surface area contributed by atoms with Gasteiger partial charge in [-0.05, 0) is 54.7 Å². The maximum Gasteiger partial charge on any atom is 0.230 e. The van der Waals surface area contributed by atoms with Gasteiger partial charge < -0.3 is 9.80 Å². The number of thiophene rings is 1. The van der Waals surface area contributed by atoms with Crippen molar-refractivity contribution in [3.05, 3.63) is 59.5 Å². The average molecular weight is 423 g/mol. The number of benzene rings is 1. The van der Waals surface area contributed by atoms with E-state index in [4.69, 9.17) is 0 Å². The molecule has 1 saturated heterocycles. The lowest BCUT2D eigenvalue weighted by atomic mass is 9.79. The summed E-state index contributed by atoms with van der Waals surface area (Å²) in [5.41, 5.74) is 1.82. The summed E-state index contributed by atoms with van der Waals surface area (Å²) in [7, 11) is 3.64. The minimum absolute atomic E-state index is 0.0744. The standard InChI is InChI=1S/C25H30N2O2S/c1-26(2)24(29)25(14-15-27(18-25)23(28)21-7-4-3-5-8-21)17-19-10-12-20(13-11-19)22-9-6-16-30-22/h3-4,6,9-13,16,21H,5,7-8,14-15,17-18H2,1-2H3/t21-,25+/m1/s1. The summed E-state index contributed by atoms with van der Waals surface area (Å²) < 4.78 is 0. The molecule has 2 aliphatic rings. The zero-order chi connectivity index (χ0) is 21.1. The normalized spacial score (nSPS) is 23.5. The lowest BCUT2D eigenvalue weighted by molar-refractivity contribution is -0.140. The molecule has 2 atom stereocenters. The second kappa shape index (κ2) is 8.76. The highest BCUT2D eigenvalue weighted by Gasteiger charge is 2.47. The van der Waals surface area contributed by atoms with Gasteiger partial charge in [0, 0.05) is 38.0 Å². The number of carbonyl (C=O) groups excluding carboxylic acids is 2. The van der Waals surface area contributed by atoms with Gasteiger partial charge in [0.25, 0.3) is 0 Å². The summed E-state index contributed by atoms with van der Waals surface area (Å²) >= 11 is 1.73. The Morgan fingerprint density at radius 1 is 1.17 bits per heavy atom. The minimum atomic E-state index is -0.534. The third kappa shape index (κ3) is 4.22. The number of allylic oxidation sites excluding steroid dienone is 2. The fourth-order valence-corrected chi connectivity index (χ4v) is 5.56. The molecule has 0 N–H and O–H groups in total. The van der Waals surface area contributed by atoms with Crippen LogP contribution in [0.4, 0.5) is 0 Å². The first kappa shape index (κ1) is 20.9. The molecule has 5 heteroatoms. The second-order valence-electron chi connectivity index (χ2n) is 8.82. The van der Waals surface area contributed by atoms with Gasteiger partial charge in [0.05, 0.1) is 5.41 Å². The third-order valence-electron chi connectivity index (χ3n) is 6.45. The highest BCUT2D eigenvalue weighted by atomic mass is 32.1. The van der Waals surface area contributed by atoms with Crippen LogP contribution in [0.1, 0.15) is 31.2 Å². The molecular weight excluding hydrogens is 392 g/mol. The highest BCUT2D eigenvalue weighted by molar-refractivity contribution is 7.13. The molecule has 0 saturated carbocycles. The summed E-state index contributed by atoms with van der Waals surface area (Å²) in [6.45, 7) is 1.20. The van der Waals surface area contributed by atoms with E-state index in [1.807, 2.05) is 19.0 Å². The third-order valence-corrected chi connectivity index (χ3v) is 7.36. The number of rotatable bonds is 5. The van der Waals surface area contributed by atoms with Gasteiger partial charge in [-0.1, -0.05) is 42.5 Å². The summed E-state index contributed by atoms with van der Waals surface area (Å²) in [6, 6.07) is 12.7. The Labute approximate surface area is 183 Å². The van der Waals surface area contributed by atoms with Crippen LogP contribution < -0.4 is 0 Å². The monoisotopic (exact) mass is 422 g/mol. The van der Waals surface area contributed by atoms with Crippen LogP contribution in [0.5, 0.6) is 0 Å². The van der Waals surface area contributed by atoms with Gasteiger partial charge in [-0.25, -0.2) is 0 Å². The zero-order valence-electron chi connectivity index (χ0n) is 17.8. The molecule has 0 bridgehead atoms. The SMILES string of the molecule is CN(C)C(=O)[C@]1(Cc2ccc(-c3cccs3)cc2)CCN(C(=O)[C@@H]2CC=CCC2)C1. The van der Waals surface area contributed by atoms with Crippen LogP contribution in [0.2, 0.25) is 0 Å². The van der Waals surface area contributed by atoms with Gasteiger partial charge in [0.15, 0.2) is 0 Å². The Balaban J connectivity index is 1.52. The zero-order valence-corrected chi connectivity index (χ0v) is 18.7. The van der Waals surface area contributed by atoms with Crippen molar-refractivity contribution in [3.63, 3.8) is 0 Å². The molecule has 1 fully saturated rings. The van der Waals surface area contributed by atoms with E-state index in [-0.39, 0.29) is 17.7 Å². The molecule has 2 aromatic rings. The van der Waals surface area contributed by atoms with E-state index >= 15 is 0 Å². The molecule has 0 radical (unpaired) electrons. The average Bonchev–Trinajstić information content (AvgIpc) is 3.45. The second-order valence-corrected chi connectivity index (χ2v) is 9.77. The molecule has 4 nitrogen and oxygen atoms in total. The Bertz CT molecular complexity index is 917. The van der Waals surface area contributed by atoms with Crippen molar-refractivity contribution < 1.29 is 9.59 Å². The van der Waals surface area contributed by atoms with E-state index in [1.54, 1.807) is 16.2 Å². The van der Waals surface area contributed by atoms with Gasteiger partial charge in [0.2, 0.25) is 11.8 Å². The van der Waals surface area contributed by atoms with Crippen molar-refractivity contribution in [2.45, 2.75) is 32.1 Å². The fraction of sp³-hybridized carbons (Fsp3) is 0.440. The van der Waals surface area contributed by atoms with Crippen molar-refractivity contribution in [1.82, 2.24) is 9.80 Å². The van der Waals surface area contributed by atoms with Gasteiger partial charge in [-0.2, -0.15) is 0 Å². The molecule has 0 spiro atoms. The van der Waals surface area contributed by atoms with Crippen LogP contribution in [0.3, 0.4) is 0 Å². The van der Waals surface area contributed by atoms with Crippen LogP contribution in [-0.2, 0) is 16.0 Å². The smallest absolute Gasteiger partial charge is 0.230 e. The van der Waals surface area contributed by atoms with Gasteiger partial charge >= 0.3 is 0 Å². The van der Waals surface area contributed by atoms with Crippen molar-refractivity contribution in [1.29, 1.82) is 0 Å². The summed E-state index contributed by atoms with van der Waals surface area (Å²) in [4.78, 5) is 31.2. The molecule has 0 unspecified atom stereocenters. The minimum Gasteiger partial charge on any atom is -0.348 e. The first-order chi connectivity index (χ1) is 14.5. The van der Waals surface area contributed by atoms with E-state index in [1.165, 1.54) is 10.4 Å². The first-order valence-electron chi connectivity index (χ1n) is 10.8. The number of hydrogen-bond acceptors (Lipinski definition) is 3. The van der Waals surface area contributed by atoms with E-state index in [2.05, 4.69) is 53.9 Å². The predicted octanol–water partition coefficient (Wildman–Crippen LogP) is 4.62. The molecule has 1 aliphatic heterocycles. The molecule has 2 amide bonds. The molecule has 1 aliphatic carbocycles. The summed E-state index contributed by atoms with van der Waals surface area (Å²) in [5, 5.41) is 2.08. The molecule has 30 heavy (non-hydrogen) atoms. The van der Waals surface area contributed by atoms with E-state index < -0.39 is 5.41 Å². The van der Waals surface area contributed by atoms with Crippen LogP contribution in [-0.4, -0.2) is 48.8 Å². The lowest BCUT2D eigenvalue weighted by Gasteiger charge is -2.32. The first-order valence-corrected chi connectivity index (χ1v) is 11.6. The molecule has 158 valence electrons. The molecule has 4 rings (SSSR count). The molecule has 1 aromatic carbocycles. The molecule has 1 aromatic heterocycles. The number of nitrogens with zero attached hydrogens (tertiary/aromatic N) is 2. The number of hydrogen-bond donors (Lipinski definition) is 0. The van der Waals surface area contributed by atoms with Crippen molar-refractivity contribution in [3.8, 4) is 10.4 Å². The van der Waals surface area contributed by atoms with E-state index in [9.17, 15) is 9.59 Å². The quantitative estimate of drug-likeness (QED) is 0.660. The lowest BCUT2D eigenvalue weighted by Crippen LogP contribution is -2.45. The molecule has 2 heterocycles. The van der Waals surface area contributed by atoms with Crippen LogP contribution in [0.15, 0.2) is 53.9 Å². The number of likely N-dealkylation sites (tertiary alicyclic amines) is 1. The van der Waals surface area contributed by atoms with Crippen molar-refractivity contribution >= 4 is 23.2 Å². The summed E-state index contributed by atoms with van der Waals surface area (Å²) in [6.07, 6.45) is 8.40. The Morgan fingerprint density at radius 3 is 2.60 bits per heavy atom. The van der Waals surface area contributed by atoms with Crippen molar-refractivity contribution in [2.24, 2.45) is 11.3 Å². The number of carbonyl (C=O) groups is 2. The fourth-order valence-electron chi connectivity index (χ4n) is 4.83. The Kier molecular flexibility index (Phi) is 6.09. The Morgan fingerprint density at radius 2 is 1.97 bits per heavy atom. The van der Waals surface area contributed by atoms with Crippen LogP contribution in [0.25, 0.3) is 10.4 Å². The maximum absolute atomic E-state index is 13.2. The van der Waals surface area contributed by atoms with Crippen LogP contribution in [0, 0.1) is 11.3 Å². The van der Waals surface area contributed by atoms with Gasteiger partial charge in [-0.15, -0.1) is 11.3 Å². The van der Waals surface area contributed by atoms with E-state index in [0.29, 0.717) is 19.5 Å². The maximum atomic E-state index is 13.2. The van der Waals surface area contributed by atoms with Gasteiger partial charge in [0.1, 0.15) is 0 Å². The topological polar surface area (TPSA) is 40.6 Å².